The van der Waals surface area contributed by atoms with Gasteiger partial charge in [-0.1, -0.05) is 12.1 Å². The van der Waals surface area contributed by atoms with E-state index in [1.54, 1.807) is 25.2 Å². The second-order valence-corrected chi connectivity index (χ2v) is 6.88. The lowest BCUT2D eigenvalue weighted by Crippen LogP contribution is -2.32. The minimum absolute atomic E-state index is 0.163. The number of hydrogen-bond donors (Lipinski definition) is 2. The molecule has 9 nitrogen and oxygen atoms in total. The Kier molecular flexibility index (Phi) is 5.88. The van der Waals surface area contributed by atoms with Gasteiger partial charge in [0.25, 0.3) is 11.5 Å². The van der Waals surface area contributed by atoms with Crippen LogP contribution in [-0.2, 0) is 24.9 Å². The van der Waals surface area contributed by atoms with Crippen LogP contribution >= 0.6 is 15.9 Å². The summed E-state index contributed by atoms with van der Waals surface area (Å²) in [5.74, 6) is -0.504. The number of nitrogens with one attached hydrogen (secondary N) is 2. The molecule has 10 heteroatoms. The third-order valence-electron chi connectivity index (χ3n) is 4.10. The Morgan fingerprint density at radius 3 is 2.79 bits per heavy atom. The summed E-state index contributed by atoms with van der Waals surface area (Å²) in [6.45, 7) is 2.46. The molecule has 146 valence electrons. The monoisotopic (exact) mass is 446 g/mol. The topological polar surface area (TPSA) is 111 Å². The van der Waals surface area contributed by atoms with Crippen LogP contribution in [0.2, 0.25) is 0 Å². The van der Waals surface area contributed by atoms with Gasteiger partial charge >= 0.3 is 0 Å². The molecule has 28 heavy (non-hydrogen) atoms. The molecule has 0 radical (unpaired) electrons. The standard InChI is InChI=1S/C18H19BrN6O3/c1-3-20-17(27)12-6-4-5-11(7-12)8-21-13(26)9-25-10-22-16-14(18(25)28)15(19)23-24(16)2/h4-7,10H,3,8-9H2,1-2H3,(H,20,27)(H,21,26). The summed E-state index contributed by atoms with van der Waals surface area (Å²) in [4.78, 5) is 40.9. The number of halogens is 1. The van der Waals surface area contributed by atoms with Crippen molar-refractivity contribution in [2.24, 2.45) is 7.05 Å². The molecule has 2 amide bonds. The third-order valence-corrected chi connectivity index (χ3v) is 4.65. The van der Waals surface area contributed by atoms with Crippen LogP contribution in [0, 0.1) is 0 Å². The Morgan fingerprint density at radius 2 is 2.04 bits per heavy atom. The lowest BCUT2D eigenvalue weighted by atomic mass is 10.1. The maximum absolute atomic E-state index is 12.6. The van der Waals surface area contributed by atoms with Gasteiger partial charge in [0.05, 0.1) is 0 Å². The van der Waals surface area contributed by atoms with Gasteiger partial charge in [0.1, 0.15) is 22.9 Å². The van der Waals surface area contributed by atoms with Crippen LogP contribution in [0.4, 0.5) is 0 Å². The fourth-order valence-electron chi connectivity index (χ4n) is 2.74. The summed E-state index contributed by atoms with van der Waals surface area (Å²) in [6.07, 6.45) is 1.33. The van der Waals surface area contributed by atoms with Gasteiger partial charge in [0.15, 0.2) is 5.65 Å². The highest BCUT2D eigenvalue weighted by Crippen LogP contribution is 2.16. The Hall–Kier alpha value is -3.01. The molecule has 0 saturated carbocycles. The van der Waals surface area contributed by atoms with E-state index in [2.05, 4.69) is 36.6 Å². The number of aromatic nitrogens is 4. The minimum atomic E-state index is -0.349. The van der Waals surface area contributed by atoms with Gasteiger partial charge in [-0.15, -0.1) is 0 Å². The van der Waals surface area contributed by atoms with Crippen LogP contribution in [-0.4, -0.2) is 37.7 Å². The van der Waals surface area contributed by atoms with E-state index in [9.17, 15) is 14.4 Å². The number of carbonyl (C=O) groups is 2. The molecule has 0 aliphatic heterocycles. The number of fused-ring (bicyclic) bond motifs is 1. The van der Waals surface area contributed by atoms with Crippen molar-refractivity contribution in [2.45, 2.75) is 20.0 Å². The molecule has 3 rings (SSSR count). The number of aryl methyl sites for hydroxylation is 1. The average Bonchev–Trinajstić information content (AvgIpc) is 2.97. The van der Waals surface area contributed by atoms with E-state index in [-0.39, 0.29) is 30.5 Å². The highest BCUT2D eigenvalue weighted by molar-refractivity contribution is 9.10. The minimum Gasteiger partial charge on any atom is -0.352 e. The quantitative estimate of drug-likeness (QED) is 0.585. The fourth-order valence-corrected chi connectivity index (χ4v) is 3.33. The van der Waals surface area contributed by atoms with Crippen LogP contribution in [0.1, 0.15) is 22.8 Å². The predicted octanol–water partition coefficient (Wildman–Crippen LogP) is 0.959. The third kappa shape index (κ3) is 4.11. The molecule has 2 aromatic heterocycles. The first kappa shape index (κ1) is 19.7. The summed E-state index contributed by atoms with van der Waals surface area (Å²) >= 11 is 3.24. The van der Waals surface area contributed by atoms with E-state index in [1.807, 2.05) is 13.0 Å². The molecule has 0 saturated heterocycles. The molecule has 0 unspecified atom stereocenters. The zero-order valence-corrected chi connectivity index (χ0v) is 17.0. The van der Waals surface area contributed by atoms with E-state index >= 15 is 0 Å². The fraction of sp³-hybridized carbons (Fsp3) is 0.278. The number of carbonyl (C=O) groups excluding carboxylic acids is 2. The van der Waals surface area contributed by atoms with Gasteiger partial charge in [-0.2, -0.15) is 5.10 Å². The first-order chi connectivity index (χ1) is 13.4. The second-order valence-electron chi connectivity index (χ2n) is 6.13. The number of amides is 2. The summed E-state index contributed by atoms with van der Waals surface area (Å²) in [5, 5.41) is 9.92. The SMILES string of the molecule is CCNC(=O)c1cccc(CNC(=O)Cn2cnc3c(c(Br)nn3C)c2=O)c1. The van der Waals surface area contributed by atoms with Crippen molar-refractivity contribution in [2.75, 3.05) is 6.54 Å². The van der Waals surface area contributed by atoms with Crippen molar-refractivity contribution in [3.63, 3.8) is 0 Å². The van der Waals surface area contributed by atoms with Crippen LogP contribution in [0.3, 0.4) is 0 Å². The average molecular weight is 447 g/mol. The molecule has 2 heterocycles. The van der Waals surface area contributed by atoms with Gasteiger partial charge in [0.2, 0.25) is 5.91 Å². The summed E-state index contributed by atoms with van der Waals surface area (Å²) in [7, 11) is 1.69. The molecule has 1 aromatic carbocycles. The van der Waals surface area contributed by atoms with E-state index in [0.717, 1.165) is 5.56 Å². The highest BCUT2D eigenvalue weighted by atomic mass is 79.9. The maximum atomic E-state index is 12.6. The van der Waals surface area contributed by atoms with Crippen molar-refractivity contribution < 1.29 is 9.59 Å². The number of hydrogen-bond acceptors (Lipinski definition) is 5. The summed E-state index contributed by atoms with van der Waals surface area (Å²) in [5.41, 5.74) is 1.41. The molecule has 3 aromatic rings. The predicted molar refractivity (Wildman–Crippen MR) is 107 cm³/mol. The molecule has 2 N–H and O–H groups in total. The van der Waals surface area contributed by atoms with Gasteiger partial charge in [0, 0.05) is 25.7 Å². The lowest BCUT2D eigenvalue weighted by molar-refractivity contribution is -0.121. The van der Waals surface area contributed by atoms with Gasteiger partial charge in [-0.25, -0.2) is 9.67 Å². The van der Waals surface area contributed by atoms with Crippen molar-refractivity contribution in [1.29, 1.82) is 0 Å². The van der Waals surface area contributed by atoms with Crippen molar-refractivity contribution in [3.8, 4) is 0 Å². The molecule has 0 bridgehead atoms. The number of nitrogens with zero attached hydrogens (tertiary/aromatic N) is 4. The Morgan fingerprint density at radius 1 is 1.25 bits per heavy atom. The van der Waals surface area contributed by atoms with E-state index in [1.165, 1.54) is 15.6 Å². The Labute approximate surface area is 168 Å². The Bertz CT molecular complexity index is 1100. The maximum Gasteiger partial charge on any atom is 0.266 e. The first-order valence-electron chi connectivity index (χ1n) is 8.62. The number of benzene rings is 1. The lowest BCUT2D eigenvalue weighted by Gasteiger charge is -2.09. The van der Waals surface area contributed by atoms with Crippen LogP contribution in [0.5, 0.6) is 0 Å². The zero-order chi connectivity index (χ0) is 20.3. The zero-order valence-electron chi connectivity index (χ0n) is 15.4. The van der Waals surface area contributed by atoms with Crippen molar-refractivity contribution >= 4 is 38.8 Å². The summed E-state index contributed by atoms with van der Waals surface area (Å²) in [6, 6.07) is 7.00. The van der Waals surface area contributed by atoms with Crippen molar-refractivity contribution in [1.82, 2.24) is 30.0 Å². The van der Waals surface area contributed by atoms with Gasteiger partial charge in [-0.05, 0) is 40.5 Å². The molecule has 0 atom stereocenters. The number of rotatable bonds is 6. The molecule has 0 aliphatic rings. The van der Waals surface area contributed by atoms with Gasteiger partial charge < -0.3 is 10.6 Å². The first-order valence-corrected chi connectivity index (χ1v) is 9.41. The highest BCUT2D eigenvalue weighted by Gasteiger charge is 2.15. The largest absolute Gasteiger partial charge is 0.352 e. The van der Waals surface area contributed by atoms with Crippen LogP contribution in [0.15, 0.2) is 40.0 Å². The van der Waals surface area contributed by atoms with Crippen molar-refractivity contribution in [3.05, 3.63) is 56.7 Å². The van der Waals surface area contributed by atoms with Crippen LogP contribution in [0.25, 0.3) is 11.0 Å². The normalized spacial score (nSPS) is 10.8. The van der Waals surface area contributed by atoms with E-state index in [4.69, 9.17) is 0 Å². The van der Waals surface area contributed by atoms with Gasteiger partial charge in [-0.3, -0.25) is 19.0 Å². The molecule has 0 fully saturated rings. The summed E-state index contributed by atoms with van der Waals surface area (Å²) < 4.78 is 3.11. The molecule has 0 spiro atoms. The van der Waals surface area contributed by atoms with Crippen LogP contribution < -0.4 is 16.2 Å². The molecule has 0 aliphatic carbocycles. The molecular weight excluding hydrogens is 428 g/mol. The Balaban J connectivity index is 1.68. The van der Waals surface area contributed by atoms with E-state index < -0.39 is 0 Å². The molecular formula is C18H19BrN6O3. The second kappa shape index (κ2) is 8.34. The smallest absolute Gasteiger partial charge is 0.266 e. The van der Waals surface area contributed by atoms with E-state index in [0.29, 0.717) is 27.7 Å².